The van der Waals surface area contributed by atoms with Gasteiger partial charge < -0.3 is 9.40 Å². The average Bonchev–Trinajstić information content (AvgIpc) is 3.03. The molecule has 0 aliphatic rings. The number of nitrogens with one attached hydrogen (secondary N) is 1. The number of aryl methyl sites for hydroxylation is 2. The van der Waals surface area contributed by atoms with Crippen molar-refractivity contribution in [3.8, 4) is 23.0 Å². The van der Waals surface area contributed by atoms with E-state index in [1.54, 1.807) is 13.8 Å². The number of aromatic nitrogens is 3. The Morgan fingerprint density at radius 2 is 1.65 bits per heavy atom. The van der Waals surface area contributed by atoms with E-state index >= 15 is 0 Å². The summed E-state index contributed by atoms with van der Waals surface area (Å²) in [5.41, 5.74) is 3.26. The maximum atomic E-state index is 11.7. The van der Waals surface area contributed by atoms with E-state index in [4.69, 9.17) is 15.1 Å². The molecule has 0 fully saturated rings. The molecule has 3 aromatic rings. The molecule has 0 aliphatic heterocycles. The fourth-order valence-electron chi connectivity index (χ4n) is 2.45. The lowest BCUT2D eigenvalue weighted by molar-refractivity contribution is 0.582. The van der Waals surface area contributed by atoms with Gasteiger partial charge in [0.05, 0.1) is 0 Å². The third-order valence-corrected chi connectivity index (χ3v) is 5.11. The number of benzene rings is 1. The second-order valence-electron chi connectivity index (χ2n) is 5.30. The number of nitrogens with zero attached hydrogens (tertiary/aromatic N) is 2. The number of halogens is 1. The van der Waals surface area contributed by atoms with Gasteiger partial charge in [0.2, 0.25) is 5.89 Å². The third kappa shape index (κ3) is 2.89. The van der Waals surface area contributed by atoms with Crippen LogP contribution in [0.1, 0.15) is 16.8 Å². The molecule has 0 atom stereocenters. The molecule has 2 aromatic heterocycles. The van der Waals surface area contributed by atoms with Crippen LogP contribution in [0, 0.1) is 20.8 Å². The Bertz CT molecular complexity index is 972. The van der Waals surface area contributed by atoms with Crippen molar-refractivity contribution in [2.75, 3.05) is 0 Å². The van der Waals surface area contributed by atoms with Gasteiger partial charge in [0, 0.05) is 21.9 Å². The number of hydrogen-bond donors (Lipinski definition) is 1. The predicted molar refractivity (Wildman–Crippen MR) is 86.8 cm³/mol. The van der Waals surface area contributed by atoms with Crippen LogP contribution in [0.5, 0.6) is 0 Å². The fourth-order valence-corrected chi connectivity index (χ4v) is 4.03. The van der Waals surface area contributed by atoms with Crippen molar-refractivity contribution in [2.45, 2.75) is 25.7 Å². The van der Waals surface area contributed by atoms with Gasteiger partial charge in [-0.2, -0.15) is 0 Å². The summed E-state index contributed by atoms with van der Waals surface area (Å²) in [7, 11) is 1.62. The molecule has 0 spiro atoms. The van der Waals surface area contributed by atoms with E-state index in [0.717, 1.165) is 11.1 Å². The summed E-state index contributed by atoms with van der Waals surface area (Å²) in [6.07, 6.45) is 0. The maximum absolute atomic E-state index is 11.7. The van der Waals surface area contributed by atoms with Crippen molar-refractivity contribution in [1.82, 2.24) is 15.2 Å². The lowest BCUT2D eigenvalue weighted by Crippen LogP contribution is -1.93. The van der Waals surface area contributed by atoms with Crippen molar-refractivity contribution in [3.05, 3.63) is 41.1 Å². The second-order valence-corrected chi connectivity index (χ2v) is 7.80. The first-order valence-electron chi connectivity index (χ1n) is 6.82. The van der Waals surface area contributed by atoms with Gasteiger partial charge in [-0.15, -0.1) is 10.2 Å². The van der Waals surface area contributed by atoms with Crippen molar-refractivity contribution in [1.29, 1.82) is 0 Å². The Kier molecular flexibility index (Phi) is 3.77. The molecule has 0 unspecified atom stereocenters. The minimum atomic E-state index is -3.85. The summed E-state index contributed by atoms with van der Waals surface area (Å²) in [4.78, 5) is 3.00. The molecule has 8 heteroatoms. The van der Waals surface area contributed by atoms with E-state index in [0.29, 0.717) is 22.8 Å². The van der Waals surface area contributed by atoms with Crippen LogP contribution < -0.4 is 0 Å². The van der Waals surface area contributed by atoms with Crippen molar-refractivity contribution >= 4 is 19.7 Å². The normalized spacial score (nSPS) is 11.8. The van der Waals surface area contributed by atoms with E-state index in [1.807, 2.05) is 31.2 Å². The molecule has 6 nitrogen and oxygen atoms in total. The summed E-state index contributed by atoms with van der Waals surface area (Å²) in [5.74, 6) is 0.578. The Balaban J connectivity index is 2.06. The highest BCUT2D eigenvalue weighted by atomic mass is 35.7. The van der Waals surface area contributed by atoms with Crippen LogP contribution in [-0.2, 0) is 9.05 Å². The molecule has 1 N–H and O–H groups in total. The van der Waals surface area contributed by atoms with Gasteiger partial charge in [-0.25, -0.2) is 8.42 Å². The number of hydrogen-bond acceptors (Lipinski definition) is 5. The third-order valence-electron chi connectivity index (χ3n) is 3.55. The number of rotatable bonds is 3. The van der Waals surface area contributed by atoms with Gasteiger partial charge in [-0.3, -0.25) is 0 Å². The SMILES string of the molecule is Cc1ccc(-c2nnc(-c3[nH]c(C)c(S(=O)(=O)Cl)c3C)o2)cc1. The average molecular weight is 352 g/mol. The zero-order chi connectivity index (χ0) is 16.8. The monoisotopic (exact) mass is 351 g/mol. The maximum Gasteiger partial charge on any atom is 0.264 e. The highest BCUT2D eigenvalue weighted by molar-refractivity contribution is 8.13. The Morgan fingerprint density at radius 3 is 2.22 bits per heavy atom. The van der Waals surface area contributed by atoms with Crippen molar-refractivity contribution < 1.29 is 12.8 Å². The van der Waals surface area contributed by atoms with Gasteiger partial charge in [0.25, 0.3) is 14.9 Å². The molecule has 0 saturated heterocycles. The molecule has 0 radical (unpaired) electrons. The molecular weight excluding hydrogens is 338 g/mol. The van der Waals surface area contributed by atoms with Crippen LogP contribution in [0.2, 0.25) is 0 Å². The van der Waals surface area contributed by atoms with E-state index in [9.17, 15) is 8.42 Å². The molecule has 0 bridgehead atoms. The molecule has 120 valence electrons. The second kappa shape index (κ2) is 5.50. The summed E-state index contributed by atoms with van der Waals surface area (Å²) in [6, 6.07) is 7.66. The zero-order valence-electron chi connectivity index (χ0n) is 12.7. The van der Waals surface area contributed by atoms with E-state index in [1.165, 1.54) is 0 Å². The highest BCUT2D eigenvalue weighted by Crippen LogP contribution is 2.32. The highest BCUT2D eigenvalue weighted by Gasteiger charge is 2.25. The van der Waals surface area contributed by atoms with Crippen LogP contribution in [0.4, 0.5) is 0 Å². The van der Waals surface area contributed by atoms with Crippen molar-refractivity contribution in [2.24, 2.45) is 0 Å². The Morgan fingerprint density at radius 1 is 1.04 bits per heavy atom. The molecule has 0 saturated carbocycles. The standard InChI is InChI=1S/C15H14ClN3O3S/c1-8-4-6-11(7-5-8)14-18-19-15(22-14)12-9(2)13(10(3)17-12)23(16,20)21/h4-7,17H,1-3H3. The van der Waals surface area contributed by atoms with Crippen LogP contribution in [0.25, 0.3) is 23.0 Å². The molecule has 3 rings (SSSR count). The number of H-pyrrole nitrogens is 1. The van der Waals surface area contributed by atoms with Gasteiger partial charge in [-0.05, 0) is 38.5 Å². The van der Waals surface area contributed by atoms with Gasteiger partial charge in [0.1, 0.15) is 10.6 Å². The van der Waals surface area contributed by atoms with Crippen LogP contribution in [0.3, 0.4) is 0 Å². The minimum Gasteiger partial charge on any atom is -0.415 e. The first-order valence-corrected chi connectivity index (χ1v) is 9.13. The van der Waals surface area contributed by atoms with E-state index in [-0.39, 0.29) is 10.8 Å². The Hall–Kier alpha value is -2.12. The van der Waals surface area contributed by atoms with E-state index in [2.05, 4.69) is 15.2 Å². The van der Waals surface area contributed by atoms with E-state index < -0.39 is 9.05 Å². The molecular formula is C15H14ClN3O3S. The summed E-state index contributed by atoms with van der Waals surface area (Å²) < 4.78 is 29.0. The lowest BCUT2D eigenvalue weighted by Gasteiger charge is -1.97. The topological polar surface area (TPSA) is 88.9 Å². The largest absolute Gasteiger partial charge is 0.415 e. The smallest absolute Gasteiger partial charge is 0.264 e. The minimum absolute atomic E-state index is 0.0456. The predicted octanol–water partition coefficient (Wildman–Crippen LogP) is 3.58. The molecule has 2 heterocycles. The van der Waals surface area contributed by atoms with Crippen molar-refractivity contribution in [3.63, 3.8) is 0 Å². The number of aromatic amines is 1. The first-order chi connectivity index (χ1) is 10.8. The molecule has 1 aromatic carbocycles. The summed E-state index contributed by atoms with van der Waals surface area (Å²) in [5, 5.41) is 8.01. The molecule has 23 heavy (non-hydrogen) atoms. The molecule has 0 aliphatic carbocycles. The first kappa shape index (κ1) is 15.8. The van der Waals surface area contributed by atoms with Gasteiger partial charge in [0.15, 0.2) is 0 Å². The van der Waals surface area contributed by atoms with Gasteiger partial charge in [-0.1, -0.05) is 17.7 Å². The fraction of sp³-hybridized carbons (Fsp3) is 0.200. The Labute approximate surface area is 137 Å². The summed E-state index contributed by atoms with van der Waals surface area (Å²) in [6.45, 7) is 5.26. The quantitative estimate of drug-likeness (QED) is 0.728. The lowest BCUT2D eigenvalue weighted by atomic mass is 10.1. The van der Waals surface area contributed by atoms with Crippen LogP contribution >= 0.6 is 10.7 Å². The van der Waals surface area contributed by atoms with Crippen LogP contribution in [-0.4, -0.2) is 23.6 Å². The molecule has 0 amide bonds. The summed E-state index contributed by atoms with van der Waals surface area (Å²) >= 11 is 0. The zero-order valence-corrected chi connectivity index (χ0v) is 14.3. The van der Waals surface area contributed by atoms with Crippen LogP contribution in [0.15, 0.2) is 33.6 Å². The van der Waals surface area contributed by atoms with Gasteiger partial charge >= 0.3 is 0 Å².